The summed E-state index contributed by atoms with van der Waals surface area (Å²) >= 11 is 11.9. The van der Waals surface area contributed by atoms with Crippen molar-refractivity contribution in [3.63, 3.8) is 0 Å². The van der Waals surface area contributed by atoms with Crippen molar-refractivity contribution in [2.45, 2.75) is 32.9 Å². The van der Waals surface area contributed by atoms with Crippen LogP contribution in [0.4, 0.5) is 4.39 Å². The van der Waals surface area contributed by atoms with Gasteiger partial charge in [-0.15, -0.1) is 0 Å². The highest BCUT2D eigenvalue weighted by Gasteiger charge is 2.16. The lowest BCUT2D eigenvalue weighted by molar-refractivity contribution is 0.492. The minimum atomic E-state index is -0.451. The van der Waals surface area contributed by atoms with Crippen molar-refractivity contribution in [2.24, 2.45) is 0 Å². The summed E-state index contributed by atoms with van der Waals surface area (Å²) in [4.78, 5) is 0. The number of hydrogen-bond donors (Lipinski definition) is 1. The summed E-state index contributed by atoms with van der Waals surface area (Å²) in [7, 11) is 0. The van der Waals surface area contributed by atoms with Gasteiger partial charge in [0.1, 0.15) is 5.82 Å². The molecule has 0 aliphatic rings. The maximum atomic E-state index is 13.6. The van der Waals surface area contributed by atoms with E-state index in [0.717, 1.165) is 0 Å². The Balaban J connectivity index is 2.18. The van der Waals surface area contributed by atoms with Crippen LogP contribution >= 0.6 is 23.2 Å². The predicted octanol–water partition coefficient (Wildman–Crippen LogP) is 5.85. The van der Waals surface area contributed by atoms with E-state index in [2.05, 4.69) is 37.4 Å². The van der Waals surface area contributed by atoms with Gasteiger partial charge in [-0.3, -0.25) is 0 Å². The number of rotatable bonds is 4. The van der Waals surface area contributed by atoms with E-state index >= 15 is 0 Å². The maximum absolute atomic E-state index is 13.6. The molecule has 2 aromatic carbocycles. The molecule has 1 unspecified atom stereocenters. The van der Waals surface area contributed by atoms with Crippen LogP contribution in [0.2, 0.25) is 10.0 Å². The first-order valence-electron chi connectivity index (χ1n) is 6.85. The van der Waals surface area contributed by atoms with Crippen LogP contribution in [0.15, 0.2) is 36.4 Å². The van der Waals surface area contributed by atoms with Crippen molar-refractivity contribution in [2.75, 3.05) is 0 Å². The summed E-state index contributed by atoms with van der Waals surface area (Å²) < 4.78 is 13.6. The fraction of sp³-hybridized carbons (Fsp3) is 0.294. The van der Waals surface area contributed by atoms with E-state index in [4.69, 9.17) is 23.2 Å². The van der Waals surface area contributed by atoms with Gasteiger partial charge in [0, 0.05) is 17.1 Å². The van der Waals surface area contributed by atoms with Gasteiger partial charge in [0.15, 0.2) is 0 Å². The van der Waals surface area contributed by atoms with E-state index in [1.807, 2.05) is 13.0 Å². The zero-order chi connectivity index (χ0) is 15.6. The second-order valence-corrected chi connectivity index (χ2v) is 6.13. The first-order valence-corrected chi connectivity index (χ1v) is 7.61. The fourth-order valence-corrected chi connectivity index (χ4v) is 2.92. The molecule has 0 saturated heterocycles. The van der Waals surface area contributed by atoms with Crippen molar-refractivity contribution >= 4 is 23.2 Å². The van der Waals surface area contributed by atoms with Gasteiger partial charge in [-0.2, -0.15) is 0 Å². The SMILES string of the molecule is Cc1cccc([C@@H](C)NC(C)c2cc(F)c(Cl)cc2Cl)c1. The third-order valence-electron chi connectivity index (χ3n) is 3.55. The first kappa shape index (κ1) is 16.3. The van der Waals surface area contributed by atoms with Crippen molar-refractivity contribution in [1.82, 2.24) is 5.32 Å². The van der Waals surface area contributed by atoms with E-state index in [-0.39, 0.29) is 17.1 Å². The second-order valence-electron chi connectivity index (χ2n) is 5.31. The van der Waals surface area contributed by atoms with E-state index in [0.29, 0.717) is 10.6 Å². The molecular formula is C17H18Cl2FN. The molecule has 0 heterocycles. The van der Waals surface area contributed by atoms with Crippen molar-refractivity contribution in [3.05, 3.63) is 69.0 Å². The molecule has 2 atom stereocenters. The smallest absolute Gasteiger partial charge is 0.142 e. The lowest BCUT2D eigenvalue weighted by Gasteiger charge is -2.22. The summed E-state index contributed by atoms with van der Waals surface area (Å²) in [5, 5.41) is 3.95. The zero-order valence-electron chi connectivity index (χ0n) is 12.3. The van der Waals surface area contributed by atoms with Gasteiger partial charge in [0.05, 0.1) is 5.02 Å². The molecule has 2 aromatic rings. The summed E-state index contributed by atoms with van der Waals surface area (Å²) in [6.07, 6.45) is 0. The first-order chi connectivity index (χ1) is 9.88. The molecule has 1 N–H and O–H groups in total. The van der Waals surface area contributed by atoms with Crippen molar-refractivity contribution < 1.29 is 4.39 Å². The Labute approximate surface area is 135 Å². The topological polar surface area (TPSA) is 12.0 Å². The Hall–Kier alpha value is -1.09. The normalized spacial score (nSPS) is 14.0. The number of nitrogens with one attached hydrogen (secondary N) is 1. The standard InChI is InChI=1S/C17H18Cl2FN/c1-10-5-4-6-13(7-10)11(2)21-12(3)14-8-17(20)16(19)9-15(14)18/h4-9,11-12,21H,1-3H3/t11-,12?/m1/s1. The molecule has 0 spiro atoms. The third kappa shape index (κ3) is 3.97. The average Bonchev–Trinajstić information content (AvgIpc) is 2.42. The van der Waals surface area contributed by atoms with Gasteiger partial charge in [-0.25, -0.2) is 4.39 Å². The van der Waals surface area contributed by atoms with Crippen LogP contribution in [-0.4, -0.2) is 0 Å². The largest absolute Gasteiger partial charge is 0.304 e. The van der Waals surface area contributed by atoms with Crippen LogP contribution < -0.4 is 5.32 Å². The van der Waals surface area contributed by atoms with E-state index in [9.17, 15) is 4.39 Å². The monoisotopic (exact) mass is 325 g/mol. The molecule has 0 fully saturated rings. The van der Waals surface area contributed by atoms with Gasteiger partial charge in [0.2, 0.25) is 0 Å². The Morgan fingerprint density at radius 1 is 1.00 bits per heavy atom. The Kier molecular flexibility index (Phi) is 5.26. The maximum Gasteiger partial charge on any atom is 0.142 e. The number of aryl methyl sites for hydroxylation is 1. The van der Waals surface area contributed by atoms with E-state index < -0.39 is 5.82 Å². The molecule has 1 nitrogen and oxygen atoms in total. The minimum Gasteiger partial charge on any atom is -0.304 e. The third-order valence-corrected chi connectivity index (χ3v) is 4.17. The van der Waals surface area contributed by atoms with Gasteiger partial charge in [-0.1, -0.05) is 53.0 Å². The zero-order valence-corrected chi connectivity index (χ0v) is 13.8. The Morgan fingerprint density at radius 3 is 2.38 bits per heavy atom. The second kappa shape index (κ2) is 6.78. The molecule has 0 saturated carbocycles. The van der Waals surface area contributed by atoms with Gasteiger partial charge >= 0.3 is 0 Å². The molecule has 0 aromatic heterocycles. The van der Waals surface area contributed by atoms with Crippen LogP contribution in [-0.2, 0) is 0 Å². The molecular weight excluding hydrogens is 308 g/mol. The van der Waals surface area contributed by atoms with Crippen LogP contribution in [0.3, 0.4) is 0 Å². The van der Waals surface area contributed by atoms with Crippen molar-refractivity contribution in [3.8, 4) is 0 Å². The summed E-state index contributed by atoms with van der Waals surface area (Å²) in [5.74, 6) is -0.451. The summed E-state index contributed by atoms with van der Waals surface area (Å²) in [6, 6.07) is 11.2. The molecule has 0 aliphatic carbocycles. The summed E-state index contributed by atoms with van der Waals surface area (Å²) in [6.45, 7) is 6.09. The van der Waals surface area contributed by atoms with Gasteiger partial charge in [-0.05, 0) is 44.0 Å². The minimum absolute atomic E-state index is 0.0442. The van der Waals surface area contributed by atoms with Crippen LogP contribution in [0.1, 0.15) is 42.6 Å². The fourth-order valence-electron chi connectivity index (χ4n) is 2.37. The van der Waals surface area contributed by atoms with Crippen molar-refractivity contribution in [1.29, 1.82) is 0 Å². The molecule has 4 heteroatoms. The van der Waals surface area contributed by atoms with Gasteiger partial charge < -0.3 is 5.32 Å². The Morgan fingerprint density at radius 2 is 1.71 bits per heavy atom. The highest BCUT2D eigenvalue weighted by molar-refractivity contribution is 6.35. The lowest BCUT2D eigenvalue weighted by Crippen LogP contribution is -2.23. The van der Waals surface area contributed by atoms with E-state index in [1.165, 1.54) is 23.3 Å². The molecule has 0 radical (unpaired) electrons. The Bertz CT molecular complexity index is 643. The average molecular weight is 326 g/mol. The molecule has 0 bridgehead atoms. The van der Waals surface area contributed by atoms with Crippen LogP contribution in [0, 0.1) is 12.7 Å². The van der Waals surface area contributed by atoms with Crippen LogP contribution in [0.25, 0.3) is 0 Å². The molecule has 0 aliphatic heterocycles. The summed E-state index contributed by atoms with van der Waals surface area (Å²) in [5.41, 5.74) is 3.11. The number of hydrogen-bond acceptors (Lipinski definition) is 1. The molecule has 0 amide bonds. The lowest BCUT2D eigenvalue weighted by atomic mass is 10.0. The highest BCUT2D eigenvalue weighted by Crippen LogP contribution is 2.30. The van der Waals surface area contributed by atoms with E-state index in [1.54, 1.807) is 0 Å². The predicted molar refractivity (Wildman–Crippen MR) is 87.6 cm³/mol. The van der Waals surface area contributed by atoms with Gasteiger partial charge in [0.25, 0.3) is 0 Å². The quantitative estimate of drug-likeness (QED) is 0.695. The molecule has 21 heavy (non-hydrogen) atoms. The highest BCUT2D eigenvalue weighted by atomic mass is 35.5. The van der Waals surface area contributed by atoms with Crippen LogP contribution in [0.5, 0.6) is 0 Å². The molecule has 2 rings (SSSR count). The molecule has 112 valence electrons. The number of benzene rings is 2. The number of halogens is 3.